The molecule has 26 heavy (non-hydrogen) atoms. The van der Waals surface area contributed by atoms with E-state index in [4.69, 9.17) is 0 Å². The first-order valence-electron chi connectivity index (χ1n) is 7.83. The minimum absolute atomic E-state index is 0.0636. The highest BCUT2D eigenvalue weighted by molar-refractivity contribution is 9.10. The number of nitriles is 1. The molecule has 0 aliphatic heterocycles. The van der Waals surface area contributed by atoms with E-state index in [1.54, 1.807) is 24.3 Å². The van der Waals surface area contributed by atoms with Crippen molar-refractivity contribution >= 4 is 31.6 Å². The van der Waals surface area contributed by atoms with Crippen molar-refractivity contribution in [2.24, 2.45) is 0 Å². The molecule has 134 valence electrons. The Morgan fingerprint density at radius 3 is 2.19 bits per heavy atom. The van der Waals surface area contributed by atoms with E-state index in [0.29, 0.717) is 16.8 Å². The van der Waals surface area contributed by atoms with Crippen LogP contribution in [-0.4, -0.2) is 14.7 Å². The van der Waals surface area contributed by atoms with Crippen molar-refractivity contribution in [2.45, 2.75) is 26.2 Å². The van der Waals surface area contributed by atoms with Crippen molar-refractivity contribution in [3.05, 3.63) is 63.1 Å². The first-order chi connectivity index (χ1) is 12.0. The van der Waals surface area contributed by atoms with Gasteiger partial charge in [-0.1, -0.05) is 32.6 Å². The van der Waals surface area contributed by atoms with Crippen LogP contribution in [0.1, 0.15) is 43.0 Å². The third-order valence-electron chi connectivity index (χ3n) is 3.60. The fraction of sp³-hybridized carbons (Fsp3) is 0.250. The summed E-state index contributed by atoms with van der Waals surface area (Å²) in [5.41, 5.74) is 3.39. The second-order valence-electron chi connectivity index (χ2n) is 6.94. The summed E-state index contributed by atoms with van der Waals surface area (Å²) in [7, 11) is -3.31. The third kappa shape index (κ3) is 5.36. The summed E-state index contributed by atoms with van der Waals surface area (Å²) >= 11 is 3.46. The summed E-state index contributed by atoms with van der Waals surface area (Å²) in [5, 5.41) is 9.42. The Balaban J connectivity index is 2.40. The van der Waals surface area contributed by atoms with E-state index in [-0.39, 0.29) is 5.41 Å². The molecule has 0 aliphatic rings. The minimum atomic E-state index is -3.31. The average Bonchev–Trinajstić information content (AvgIpc) is 2.51. The van der Waals surface area contributed by atoms with Crippen molar-refractivity contribution in [3.63, 3.8) is 0 Å². The highest BCUT2D eigenvalue weighted by Crippen LogP contribution is 2.29. The van der Waals surface area contributed by atoms with Crippen molar-refractivity contribution in [3.8, 4) is 17.9 Å². The Labute approximate surface area is 163 Å². The van der Waals surface area contributed by atoms with Gasteiger partial charge in [-0.05, 0) is 63.3 Å². The molecular weight excluding hydrogens is 412 g/mol. The number of nitrogens with one attached hydrogen (secondary N) is 1. The Morgan fingerprint density at radius 1 is 1.08 bits per heavy atom. The zero-order valence-electron chi connectivity index (χ0n) is 15.0. The van der Waals surface area contributed by atoms with Gasteiger partial charge in [0.1, 0.15) is 6.07 Å². The van der Waals surface area contributed by atoms with Gasteiger partial charge < -0.3 is 0 Å². The van der Waals surface area contributed by atoms with Crippen molar-refractivity contribution in [1.82, 2.24) is 0 Å². The summed E-state index contributed by atoms with van der Waals surface area (Å²) in [4.78, 5) is 0. The molecule has 2 rings (SSSR count). The van der Waals surface area contributed by atoms with E-state index in [1.807, 2.05) is 12.1 Å². The van der Waals surface area contributed by atoms with E-state index in [2.05, 4.69) is 59.3 Å². The molecule has 4 nitrogen and oxygen atoms in total. The summed E-state index contributed by atoms with van der Waals surface area (Å²) in [6.45, 7) is 6.31. The zero-order chi connectivity index (χ0) is 19.5. The smallest absolute Gasteiger partial charge is 0.229 e. The molecule has 0 spiro atoms. The second-order valence-corrected chi connectivity index (χ2v) is 9.55. The number of rotatable bonds is 2. The van der Waals surface area contributed by atoms with E-state index >= 15 is 0 Å². The normalized spacial score (nSPS) is 11.2. The van der Waals surface area contributed by atoms with Crippen LogP contribution in [0.4, 0.5) is 5.69 Å². The summed E-state index contributed by atoms with van der Waals surface area (Å²) < 4.78 is 25.6. The fourth-order valence-electron chi connectivity index (χ4n) is 2.23. The molecule has 2 aromatic rings. The summed E-state index contributed by atoms with van der Waals surface area (Å²) in [5.74, 6) is 6.09. The van der Waals surface area contributed by atoms with Crippen molar-refractivity contribution in [2.75, 3.05) is 11.0 Å². The van der Waals surface area contributed by atoms with Gasteiger partial charge in [-0.25, -0.2) is 8.42 Å². The van der Waals surface area contributed by atoms with Crippen LogP contribution in [0.5, 0.6) is 0 Å². The van der Waals surface area contributed by atoms with Gasteiger partial charge in [0.05, 0.1) is 11.8 Å². The standard InChI is InChI=1S/C20H19BrN2O2S/c1-20(2,3)16-11-15(18(13-22)19(21)12-16)8-5-14-6-9-17(10-7-14)23-26(4,24)25/h6-7,9-12,23H,1-4H3. The van der Waals surface area contributed by atoms with E-state index in [1.165, 1.54) is 0 Å². The van der Waals surface area contributed by atoms with E-state index in [0.717, 1.165) is 21.9 Å². The molecule has 0 radical (unpaired) electrons. The van der Waals surface area contributed by atoms with Crippen LogP contribution < -0.4 is 4.72 Å². The lowest BCUT2D eigenvalue weighted by Gasteiger charge is -2.20. The number of anilines is 1. The maximum atomic E-state index is 11.2. The Hall–Kier alpha value is -2.28. The van der Waals surface area contributed by atoms with Gasteiger partial charge in [-0.15, -0.1) is 0 Å². The van der Waals surface area contributed by atoms with Crippen LogP contribution in [0.15, 0.2) is 40.9 Å². The SMILES string of the molecule is CC(C)(C)c1cc(Br)c(C#N)c(C#Cc2ccc(NS(C)(=O)=O)cc2)c1. The molecule has 0 fully saturated rings. The number of sulfonamides is 1. The molecule has 0 bridgehead atoms. The van der Waals surface area contributed by atoms with Gasteiger partial charge in [0.2, 0.25) is 10.0 Å². The average molecular weight is 431 g/mol. The molecule has 0 amide bonds. The molecule has 0 aromatic heterocycles. The van der Waals surface area contributed by atoms with E-state index in [9.17, 15) is 13.7 Å². The highest BCUT2D eigenvalue weighted by atomic mass is 79.9. The fourth-order valence-corrected chi connectivity index (χ4v) is 3.34. The van der Waals surface area contributed by atoms with Crippen LogP contribution in [-0.2, 0) is 15.4 Å². The van der Waals surface area contributed by atoms with Crippen LogP contribution in [0.3, 0.4) is 0 Å². The number of halogens is 1. The lowest BCUT2D eigenvalue weighted by Crippen LogP contribution is -2.11. The van der Waals surface area contributed by atoms with E-state index < -0.39 is 10.0 Å². The first kappa shape index (κ1) is 20.0. The van der Waals surface area contributed by atoms with Gasteiger partial charge in [0, 0.05) is 21.3 Å². The third-order valence-corrected chi connectivity index (χ3v) is 4.83. The number of nitrogens with zero attached hydrogens (tertiary/aromatic N) is 1. The lowest BCUT2D eigenvalue weighted by atomic mass is 9.85. The number of hydrogen-bond acceptors (Lipinski definition) is 3. The van der Waals surface area contributed by atoms with Gasteiger partial charge in [-0.3, -0.25) is 4.72 Å². The van der Waals surface area contributed by atoms with Gasteiger partial charge >= 0.3 is 0 Å². The quantitative estimate of drug-likeness (QED) is 0.718. The molecule has 6 heteroatoms. The molecule has 1 N–H and O–H groups in total. The maximum Gasteiger partial charge on any atom is 0.229 e. The molecule has 0 atom stereocenters. The van der Waals surface area contributed by atoms with Gasteiger partial charge in [0.25, 0.3) is 0 Å². The predicted molar refractivity (Wildman–Crippen MR) is 108 cm³/mol. The Kier molecular flexibility index (Phi) is 5.81. The molecule has 0 saturated heterocycles. The second kappa shape index (κ2) is 7.53. The monoisotopic (exact) mass is 430 g/mol. The lowest BCUT2D eigenvalue weighted by molar-refractivity contribution is 0.589. The van der Waals surface area contributed by atoms with Crippen LogP contribution >= 0.6 is 15.9 Å². The first-order valence-corrected chi connectivity index (χ1v) is 10.5. The zero-order valence-corrected chi connectivity index (χ0v) is 17.4. The molecular formula is C20H19BrN2O2S. The Morgan fingerprint density at radius 2 is 1.69 bits per heavy atom. The highest BCUT2D eigenvalue weighted by Gasteiger charge is 2.17. The van der Waals surface area contributed by atoms with Gasteiger partial charge in [-0.2, -0.15) is 5.26 Å². The number of benzene rings is 2. The van der Waals surface area contributed by atoms with Crippen molar-refractivity contribution in [1.29, 1.82) is 5.26 Å². The van der Waals surface area contributed by atoms with Gasteiger partial charge in [0.15, 0.2) is 0 Å². The molecule has 2 aromatic carbocycles. The molecule has 0 heterocycles. The largest absolute Gasteiger partial charge is 0.284 e. The summed E-state index contributed by atoms with van der Waals surface area (Å²) in [6, 6.07) is 12.8. The van der Waals surface area contributed by atoms with Crippen LogP contribution in [0, 0.1) is 23.2 Å². The summed E-state index contributed by atoms with van der Waals surface area (Å²) in [6.07, 6.45) is 1.10. The van der Waals surface area contributed by atoms with Crippen LogP contribution in [0.2, 0.25) is 0 Å². The minimum Gasteiger partial charge on any atom is -0.284 e. The molecule has 0 aliphatic carbocycles. The van der Waals surface area contributed by atoms with Crippen molar-refractivity contribution < 1.29 is 8.42 Å². The van der Waals surface area contributed by atoms with Crippen LogP contribution in [0.25, 0.3) is 0 Å². The predicted octanol–water partition coefficient (Wildman–Crippen LogP) is 4.39. The topological polar surface area (TPSA) is 70.0 Å². The number of hydrogen-bond donors (Lipinski definition) is 1. The maximum absolute atomic E-state index is 11.2. The molecule has 0 unspecified atom stereocenters. The Bertz CT molecular complexity index is 1030. The molecule has 0 saturated carbocycles.